The van der Waals surface area contributed by atoms with E-state index >= 15 is 0 Å². The molecular formula is C19H29N5OS. The minimum absolute atomic E-state index is 0.0155. The van der Waals surface area contributed by atoms with Crippen LogP contribution >= 0.6 is 11.8 Å². The third-order valence-corrected chi connectivity index (χ3v) is 5.33. The smallest absolute Gasteiger partial charge is 0.192 e. The lowest BCUT2D eigenvalue weighted by Crippen LogP contribution is -2.51. The maximum absolute atomic E-state index is 11.5. The zero-order valence-electron chi connectivity index (χ0n) is 15.9. The number of ketones is 1. The number of guanidine groups is 1. The summed E-state index contributed by atoms with van der Waals surface area (Å²) in [7, 11) is 0. The number of nitrogens with two attached hydrogens (primary N) is 2. The summed E-state index contributed by atoms with van der Waals surface area (Å²) in [6.45, 7) is 9.00. The summed E-state index contributed by atoms with van der Waals surface area (Å²) in [5.41, 5.74) is 15.7. The van der Waals surface area contributed by atoms with Crippen LogP contribution in [0.5, 0.6) is 0 Å². The fourth-order valence-corrected chi connectivity index (χ4v) is 3.90. The van der Waals surface area contributed by atoms with Gasteiger partial charge in [0.25, 0.3) is 0 Å². The fraction of sp³-hybridized carbons (Fsp3) is 0.474. The van der Waals surface area contributed by atoms with Crippen molar-refractivity contribution in [1.82, 2.24) is 4.90 Å². The lowest BCUT2D eigenvalue weighted by molar-refractivity contribution is -0.113. The summed E-state index contributed by atoms with van der Waals surface area (Å²) in [6, 6.07) is 8.45. The predicted molar refractivity (Wildman–Crippen MR) is 111 cm³/mol. The molecule has 0 aromatic heterocycles. The first-order valence-electron chi connectivity index (χ1n) is 8.79. The van der Waals surface area contributed by atoms with Crippen molar-refractivity contribution < 1.29 is 4.79 Å². The number of nitrogens with zero attached hydrogens (tertiary/aromatic N) is 3. The third kappa shape index (κ3) is 5.42. The van der Waals surface area contributed by atoms with E-state index in [0.717, 1.165) is 26.2 Å². The lowest BCUT2D eigenvalue weighted by atomic mass is 10.1. The maximum atomic E-state index is 11.5. The van der Waals surface area contributed by atoms with Crippen LogP contribution in [0.25, 0.3) is 0 Å². The molecule has 142 valence electrons. The van der Waals surface area contributed by atoms with Crippen molar-refractivity contribution in [3.8, 4) is 0 Å². The molecule has 1 aliphatic heterocycles. The number of aliphatic imine (C=N–C) groups is 1. The Hall–Kier alpha value is -2.15. The molecule has 7 heteroatoms. The van der Waals surface area contributed by atoms with Crippen molar-refractivity contribution in [2.45, 2.75) is 20.8 Å². The molecular weight excluding hydrogens is 346 g/mol. The maximum Gasteiger partial charge on any atom is 0.192 e. The Labute approximate surface area is 160 Å². The van der Waals surface area contributed by atoms with Crippen LogP contribution in [0.1, 0.15) is 19.4 Å². The highest BCUT2D eigenvalue weighted by molar-refractivity contribution is 7.99. The average Bonchev–Trinajstić information content (AvgIpc) is 2.61. The number of Topliss-reactive ketones (excluding diaryl/α,β-unsaturated/α-hetero) is 1. The number of thioether (sulfide) groups is 1. The van der Waals surface area contributed by atoms with Gasteiger partial charge in [-0.2, -0.15) is 0 Å². The van der Waals surface area contributed by atoms with Gasteiger partial charge < -0.3 is 21.3 Å². The second kappa shape index (κ2) is 9.52. The lowest BCUT2D eigenvalue weighted by Gasteiger charge is -2.37. The monoisotopic (exact) mass is 375 g/mol. The summed E-state index contributed by atoms with van der Waals surface area (Å²) < 4.78 is 0. The molecule has 0 spiro atoms. The van der Waals surface area contributed by atoms with Gasteiger partial charge in [-0.05, 0) is 32.4 Å². The van der Waals surface area contributed by atoms with E-state index in [9.17, 15) is 4.79 Å². The molecule has 0 unspecified atom stereocenters. The summed E-state index contributed by atoms with van der Waals surface area (Å²) >= 11 is 1.55. The number of anilines is 1. The Morgan fingerprint density at radius 2 is 1.81 bits per heavy atom. The van der Waals surface area contributed by atoms with E-state index < -0.39 is 0 Å². The molecule has 0 amide bonds. The van der Waals surface area contributed by atoms with Crippen molar-refractivity contribution in [3.05, 3.63) is 41.1 Å². The third-order valence-electron chi connectivity index (χ3n) is 4.53. The summed E-state index contributed by atoms with van der Waals surface area (Å²) in [5, 5.41) is 0. The highest BCUT2D eigenvalue weighted by Crippen LogP contribution is 2.20. The summed E-state index contributed by atoms with van der Waals surface area (Å²) in [4.78, 5) is 20.5. The van der Waals surface area contributed by atoms with Crippen LogP contribution in [-0.4, -0.2) is 54.5 Å². The van der Waals surface area contributed by atoms with Crippen LogP contribution in [0.4, 0.5) is 5.69 Å². The largest absolute Gasteiger partial charge is 0.402 e. The van der Waals surface area contributed by atoms with Crippen LogP contribution in [0.2, 0.25) is 0 Å². The molecule has 1 fully saturated rings. The second-order valence-electron chi connectivity index (χ2n) is 6.47. The average molecular weight is 376 g/mol. The Balaban J connectivity index is 1.81. The van der Waals surface area contributed by atoms with Crippen LogP contribution in [0.3, 0.4) is 0 Å². The fourth-order valence-electron chi connectivity index (χ4n) is 2.95. The van der Waals surface area contributed by atoms with Gasteiger partial charge in [0.05, 0.1) is 5.88 Å². The SMILES string of the molecule is CC(=O)C(CSCN=C(N)N1CCN(c2ccccc2C)CC1)=C(C)N. The van der Waals surface area contributed by atoms with Gasteiger partial charge >= 0.3 is 0 Å². The van der Waals surface area contributed by atoms with Crippen molar-refractivity contribution >= 4 is 29.2 Å². The molecule has 6 nitrogen and oxygen atoms in total. The van der Waals surface area contributed by atoms with E-state index in [1.54, 1.807) is 18.7 Å². The molecule has 0 saturated carbocycles. The van der Waals surface area contributed by atoms with Crippen molar-refractivity contribution in [2.24, 2.45) is 16.5 Å². The molecule has 4 N–H and O–H groups in total. The Morgan fingerprint density at radius 1 is 1.15 bits per heavy atom. The molecule has 1 saturated heterocycles. The molecule has 1 heterocycles. The number of para-hydroxylation sites is 1. The molecule has 0 radical (unpaired) electrons. The van der Waals surface area contributed by atoms with Gasteiger partial charge in [0.15, 0.2) is 11.7 Å². The van der Waals surface area contributed by atoms with Gasteiger partial charge in [-0.15, -0.1) is 11.8 Å². The van der Waals surface area contributed by atoms with Crippen LogP contribution in [0, 0.1) is 6.92 Å². The van der Waals surface area contributed by atoms with Crippen LogP contribution in [-0.2, 0) is 4.79 Å². The number of hydrogen-bond acceptors (Lipinski definition) is 5. The molecule has 1 aliphatic rings. The predicted octanol–water partition coefficient (Wildman–Crippen LogP) is 1.94. The van der Waals surface area contributed by atoms with Crippen molar-refractivity contribution in [2.75, 3.05) is 42.7 Å². The topological polar surface area (TPSA) is 88.0 Å². The number of allylic oxidation sites excluding steroid dienone is 1. The van der Waals surface area contributed by atoms with Gasteiger partial charge in [0.1, 0.15) is 0 Å². The van der Waals surface area contributed by atoms with Gasteiger partial charge in [-0.25, -0.2) is 4.99 Å². The van der Waals surface area contributed by atoms with Crippen molar-refractivity contribution in [1.29, 1.82) is 0 Å². The van der Waals surface area contributed by atoms with Gasteiger partial charge in [-0.1, -0.05) is 18.2 Å². The molecule has 1 aromatic carbocycles. The van der Waals surface area contributed by atoms with Crippen LogP contribution < -0.4 is 16.4 Å². The molecule has 0 bridgehead atoms. The van der Waals surface area contributed by atoms with Gasteiger partial charge in [-0.3, -0.25) is 4.79 Å². The number of carbonyl (C=O) groups is 1. The number of rotatable bonds is 6. The first-order chi connectivity index (χ1) is 12.4. The zero-order valence-corrected chi connectivity index (χ0v) is 16.7. The molecule has 26 heavy (non-hydrogen) atoms. The number of hydrogen-bond donors (Lipinski definition) is 2. The summed E-state index contributed by atoms with van der Waals surface area (Å²) in [5.74, 6) is 1.67. The molecule has 0 aliphatic carbocycles. The molecule has 2 rings (SSSR count). The second-order valence-corrected chi connectivity index (χ2v) is 7.43. The molecule has 1 aromatic rings. The number of carbonyl (C=O) groups excluding carboxylic acids is 1. The van der Waals surface area contributed by atoms with E-state index in [2.05, 4.69) is 46.0 Å². The minimum atomic E-state index is 0.0155. The Kier molecular flexibility index (Phi) is 7.38. The Morgan fingerprint density at radius 3 is 2.38 bits per heavy atom. The highest BCUT2D eigenvalue weighted by atomic mass is 32.2. The van der Waals surface area contributed by atoms with Gasteiger partial charge in [0, 0.05) is 48.9 Å². The first-order valence-corrected chi connectivity index (χ1v) is 9.95. The van der Waals surface area contributed by atoms with E-state index in [1.165, 1.54) is 18.2 Å². The number of aryl methyl sites for hydroxylation is 1. The highest BCUT2D eigenvalue weighted by Gasteiger charge is 2.19. The normalized spacial score (nSPS) is 16.5. The van der Waals surface area contributed by atoms with E-state index in [0.29, 0.717) is 28.9 Å². The Bertz CT molecular complexity index is 689. The quantitative estimate of drug-likeness (QED) is 0.342. The standard InChI is InChI=1S/C19H29N5OS/c1-14-6-4-5-7-18(14)23-8-10-24(11-9-23)19(21)22-13-26-12-17(15(2)20)16(3)25/h4-7H,8-13,20H2,1-3H3,(H2,21,22). The summed E-state index contributed by atoms with van der Waals surface area (Å²) in [6.07, 6.45) is 0. The van der Waals surface area contributed by atoms with Crippen LogP contribution in [0.15, 0.2) is 40.5 Å². The van der Waals surface area contributed by atoms with E-state index in [1.807, 2.05) is 0 Å². The van der Waals surface area contributed by atoms with Gasteiger partial charge in [0.2, 0.25) is 0 Å². The van der Waals surface area contributed by atoms with E-state index in [4.69, 9.17) is 11.5 Å². The minimum Gasteiger partial charge on any atom is -0.402 e. The zero-order chi connectivity index (χ0) is 19.1. The van der Waals surface area contributed by atoms with E-state index in [-0.39, 0.29) is 5.78 Å². The molecule has 0 atom stereocenters. The first kappa shape index (κ1) is 20.2. The number of piperazine rings is 1. The van der Waals surface area contributed by atoms with Crippen molar-refractivity contribution in [3.63, 3.8) is 0 Å². The number of benzene rings is 1.